The lowest BCUT2D eigenvalue weighted by molar-refractivity contribution is 0.0329. The summed E-state index contributed by atoms with van der Waals surface area (Å²) in [5.74, 6) is 0.295. The summed E-state index contributed by atoms with van der Waals surface area (Å²) in [5, 5.41) is 9.32. The predicted molar refractivity (Wildman–Crippen MR) is 74.8 cm³/mol. The number of carbonyl (C=O) groups is 1. The molecule has 1 fully saturated rings. The number of imidazole rings is 1. The van der Waals surface area contributed by atoms with E-state index in [0.717, 1.165) is 13.1 Å². The first kappa shape index (κ1) is 13.8. The molecule has 0 aromatic carbocycles. The molecule has 2 aromatic rings. The van der Waals surface area contributed by atoms with Crippen LogP contribution in [-0.4, -0.2) is 58.8 Å². The summed E-state index contributed by atoms with van der Waals surface area (Å²) in [5.41, 5.74) is 0.599. The molecule has 3 heterocycles. The zero-order chi connectivity index (χ0) is 14.8. The van der Waals surface area contributed by atoms with Gasteiger partial charge >= 0.3 is 5.97 Å². The van der Waals surface area contributed by atoms with Gasteiger partial charge in [-0.3, -0.25) is 4.90 Å². The van der Waals surface area contributed by atoms with Gasteiger partial charge < -0.3 is 19.0 Å². The topological polar surface area (TPSA) is 76.3 Å². The van der Waals surface area contributed by atoms with Crippen LogP contribution in [0.5, 0.6) is 5.75 Å². The molecule has 2 aromatic heterocycles. The van der Waals surface area contributed by atoms with Gasteiger partial charge in [0.1, 0.15) is 11.6 Å². The Morgan fingerprint density at radius 2 is 2.24 bits per heavy atom. The highest BCUT2D eigenvalue weighted by Gasteiger charge is 2.20. The van der Waals surface area contributed by atoms with Crippen LogP contribution >= 0.6 is 0 Å². The lowest BCUT2D eigenvalue weighted by atomic mass is 10.3. The van der Waals surface area contributed by atoms with E-state index in [1.165, 1.54) is 0 Å². The molecule has 3 rings (SSSR count). The summed E-state index contributed by atoms with van der Waals surface area (Å²) in [6, 6.07) is 3.49. The Morgan fingerprint density at radius 1 is 1.48 bits per heavy atom. The molecule has 0 unspecified atom stereocenters. The molecular formula is C14H17N3O4. The minimum absolute atomic E-state index is 0.0529. The molecule has 7 nitrogen and oxygen atoms in total. The molecule has 112 valence electrons. The number of hydrogen-bond acceptors (Lipinski definition) is 5. The molecule has 1 N–H and O–H groups in total. The Hall–Kier alpha value is -2.12. The van der Waals surface area contributed by atoms with Crippen LogP contribution in [0.2, 0.25) is 0 Å². The molecule has 21 heavy (non-hydrogen) atoms. The number of fused-ring (bicyclic) bond motifs is 1. The summed E-state index contributed by atoms with van der Waals surface area (Å²) < 4.78 is 12.3. The SMILES string of the molecule is COc1ccn2c(CN3CCOCC3)nc(C(=O)O)c2c1. The van der Waals surface area contributed by atoms with E-state index in [-0.39, 0.29) is 5.69 Å². The van der Waals surface area contributed by atoms with Gasteiger partial charge in [0, 0.05) is 25.4 Å². The second kappa shape index (κ2) is 5.71. The van der Waals surface area contributed by atoms with Crippen LogP contribution in [0.4, 0.5) is 0 Å². The summed E-state index contributed by atoms with van der Waals surface area (Å²) in [7, 11) is 1.55. The number of nitrogens with zero attached hydrogens (tertiary/aromatic N) is 3. The van der Waals surface area contributed by atoms with E-state index in [0.29, 0.717) is 36.8 Å². The molecule has 0 saturated carbocycles. The Kier molecular flexibility index (Phi) is 3.76. The molecule has 1 saturated heterocycles. The van der Waals surface area contributed by atoms with Crippen molar-refractivity contribution in [3.05, 3.63) is 29.8 Å². The van der Waals surface area contributed by atoms with Crippen molar-refractivity contribution in [1.82, 2.24) is 14.3 Å². The van der Waals surface area contributed by atoms with E-state index in [9.17, 15) is 9.90 Å². The molecule has 0 aliphatic carbocycles. The third-order valence-corrected chi connectivity index (χ3v) is 3.59. The molecule has 7 heteroatoms. The molecule has 0 radical (unpaired) electrons. The van der Waals surface area contributed by atoms with Gasteiger partial charge in [0.05, 0.1) is 32.4 Å². The second-order valence-corrected chi connectivity index (χ2v) is 4.89. The fourth-order valence-electron chi connectivity index (χ4n) is 2.48. The predicted octanol–water partition coefficient (Wildman–Crippen LogP) is 0.873. The van der Waals surface area contributed by atoms with Crippen molar-refractivity contribution < 1.29 is 19.4 Å². The first-order valence-electron chi connectivity index (χ1n) is 6.77. The Morgan fingerprint density at radius 3 is 2.90 bits per heavy atom. The highest BCUT2D eigenvalue weighted by Crippen LogP contribution is 2.20. The maximum Gasteiger partial charge on any atom is 0.356 e. The number of carboxylic acids is 1. The van der Waals surface area contributed by atoms with E-state index < -0.39 is 5.97 Å². The highest BCUT2D eigenvalue weighted by molar-refractivity contribution is 5.94. The number of ether oxygens (including phenoxy) is 2. The van der Waals surface area contributed by atoms with Crippen molar-refractivity contribution in [1.29, 1.82) is 0 Å². The lowest BCUT2D eigenvalue weighted by Crippen LogP contribution is -2.36. The average Bonchev–Trinajstić information content (AvgIpc) is 2.86. The van der Waals surface area contributed by atoms with Gasteiger partial charge in [0.25, 0.3) is 0 Å². The van der Waals surface area contributed by atoms with Gasteiger partial charge in [-0.05, 0) is 6.07 Å². The molecule has 0 bridgehead atoms. The molecule has 1 aliphatic rings. The van der Waals surface area contributed by atoms with Crippen LogP contribution in [0, 0.1) is 0 Å². The first-order chi connectivity index (χ1) is 10.2. The van der Waals surface area contributed by atoms with Gasteiger partial charge in [-0.25, -0.2) is 9.78 Å². The van der Waals surface area contributed by atoms with E-state index in [4.69, 9.17) is 9.47 Å². The Bertz CT molecular complexity index is 662. The number of morpholine rings is 1. The van der Waals surface area contributed by atoms with Crippen LogP contribution in [0.3, 0.4) is 0 Å². The summed E-state index contributed by atoms with van der Waals surface area (Å²) in [4.78, 5) is 17.9. The number of carboxylic acid groups (broad SMARTS) is 1. The standard InChI is InChI=1S/C14H17N3O4/c1-20-10-2-3-17-11(8-10)13(14(18)19)15-12(17)9-16-4-6-21-7-5-16/h2-3,8H,4-7,9H2,1H3,(H,18,19). The van der Waals surface area contributed by atoms with Gasteiger partial charge in [-0.1, -0.05) is 0 Å². The van der Waals surface area contributed by atoms with E-state index in [2.05, 4.69) is 9.88 Å². The van der Waals surface area contributed by atoms with Gasteiger partial charge in [0.2, 0.25) is 0 Å². The van der Waals surface area contributed by atoms with Crippen LogP contribution in [0.1, 0.15) is 16.3 Å². The summed E-state index contributed by atoms with van der Waals surface area (Å²) >= 11 is 0. The van der Waals surface area contributed by atoms with E-state index in [1.54, 1.807) is 29.8 Å². The maximum absolute atomic E-state index is 11.4. The van der Waals surface area contributed by atoms with Crippen LogP contribution in [0.25, 0.3) is 5.52 Å². The number of rotatable bonds is 4. The average molecular weight is 291 g/mol. The number of hydrogen-bond donors (Lipinski definition) is 1. The number of aromatic nitrogens is 2. The lowest BCUT2D eigenvalue weighted by Gasteiger charge is -2.25. The Labute approximate surface area is 121 Å². The largest absolute Gasteiger partial charge is 0.497 e. The minimum atomic E-state index is -1.03. The van der Waals surface area contributed by atoms with Gasteiger partial charge in [-0.2, -0.15) is 0 Å². The number of methoxy groups -OCH3 is 1. The van der Waals surface area contributed by atoms with E-state index >= 15 is 0 Å². The minimum Gasteiger partial charge on any atom is -0.497 e. The van der Waals surface area contributed by atoms with E-state index in [1.807, 2.05) is 0 Å². The molecular weight excluding hydrogens is 274 g/mol. The van der Waals surface area contributed by atoms with Crippen molar-refractivity contribution in [2.24, 2.45) is 0 Å². The molecule has 0 amide bonds. The zero-order valence-corrected chi connectivity index (χ0v) is 11.8. The smallest absolute Gasteiger partial charge is 0.356 e. The van der Waals surface area contributed by atoms with Crippen LogP contribution < -0.4 is 4.74 Å². The van der Waals surface area contributed by atoms with Crippen LogP contribution in [-0.2, 0) is 11.3 Å². The number of pyridine rings is 1. The quantitative estimate of drug-likeness (QED) is 0.901. The third kappa shape index (κ3) is 2.70. The van der Waals surface area contributed by atoms with Crippen molar-refractivity contribution in [3.63, 3.8) is 0 Å². The fourth-order valence-corrected chi connectivity index (χ4v) is 2.48. The second-order valence-electron chi connectivity index (χ2n) is 4.89. The first-order valence-corrected chi connectivity index (χ1v) is 6.77. The number of aromatic carboxylic acids is 1. The fraction of sp³-hybridized carbons (Fsp3) is 0.429. The monoisotopic (exact) mass is 291 g/mol. The maximum atomic E-state index is 11.4. The van der Waals surface area contributed by atoms with Gasteiger partial charge in [0.15, 0.2) is 5.69 Å². The third-order valence-electron chi connectivity index (χ3n) is 3.59. The molecule has 1 aliphatic heterocycles. The zero-order valence-electron chi connectivity index (χ0n) is 11.8. The van der Waals surface area contributed by atoms with Gasteiger partial charge in [-0.15, -0.1) is 0 Å². The molecule has 0 atom stereocenters. The highest BCUT2D eigenvalue weighted by atomic mass is 16.5. The normalized spacial score (nSPS) is 16.2. The van der Waals surface area contributed by atoms with Crippen molar-refractivity contribution in [3.8, 4) is 5.75 Å². The van der Waals surface area contributed by atoms with Crippen molar-refractivity contribution in [2.75, 3.05) is 33.4 Å². The van der Waals surface area contributed by atoms with Crippen LogP contribution in [0.15, 0.2) is 18.3 Å². The molecule has 0 spiro atoms. The summed E-state index contributed by atoms with van der Waals surface area (Å²) in [6.07, 6.45) is 1.80. The van der Waals surface area contributed by atoms with Crippen molar-refractivity contribution >= 4 is 11.5 Å². The Balaban J connectivity index is 1.99. The summed E-state index contributed by atoms with van der Waals surface area (Å²) in [6.45, 7) is 3.65. The van der Waals surface area contributed by atoms with Crippen molar-refractivity contribution in [2.45, 2.75) is 6.54 Å².